The molecule has 4 heteroatoms. The molecule has 124 valence electrons. The SMILES string of the molecule is COc1ccccc1OCCN=C1NC2C[C@@H]3CC1C[C@H](C2)C3. The van der Waals surface area contributed by atoms with E-state index in [1.165, 1.54) is 37.9 Å². The van der Waals surface area contributed by atoms with E-state index in [0.29, 0.717) is 25.1 Å². The second-order valence-electron chi connectivity index (χ2n) is 7.22. The summed E-state index contributed by atoms with van der Waals surface area (Å²) in [6.45, 7) is 1.30. The Hall–Kier alpha value is -1.71. The number of amidine groups is 1. The Morgan fingerprint density at radius 3 is 2.52 bits per heavy atom. The maximum absolute atomic E-state index is 5.83. The molecule has 23 heavy (non-hydrogen) atoms. The first-order valence-electron chi connectivity index (χ1n) is 8.88. The third kappa shape index (κ3) is 3.17. The van der Waals surface area contributed by atoms with E-state index in [1.54, 1.807) is 7.11 Å². The second-order valence-corrected chi connectivity index (χ2v) is 7.22. The highest BCUT2D eigenvalue weighted by molar-refractivity contribution is 5.85. The molecule has 4 bridgehead atoms. The number of hydrogen-bond donors (Lipinski definition) is 1. The fourth-order valence-corrected chi connectivity index (χ4v) is 4.75. The fraction of sp³-hybridized carbons (Fsp3) is 0.632. The Labute approximate surface area is 138 Å². The lowest BCUT2D eigenvalue weighted by Crippen LogP contribution is -2.36. The molecule has 0 spiro atoms. The molecule has 4 nitrogen and oxygen atoms in total. The number of para-hydroxylation sites is 2. The van der Waals surface area contributed by atoms with Gasteiger partial charge in [-0.15, -0.1) is 0 Å². The molecule has 2 heterocycles. The van der Waals surface area contributed by atoms with E-state index >= 15 is 0 Å². The van der Waals surface area contributed by atoms with Crippen LogP contribution in [0.3, 0.4) is 0 Å². The maximum Gasteiger partial charge on any atom is 0.161 e. The first-order chi connectivity index (χ1) is 11.3. The van der Waals surface area contributed by atoms with Gasteiger partial charge in [-0.3, -0.25) is 4.99 Å². The standard InChI is InChI=1S/C19H26N2O2/c1-22-17-4-2-3-5-18(17)23-7-6-20-19-15-9-13-8-14(10-15)12-16(11-13)21-19/h2-5,13-16H,6-12H2,1H3,(H,20,21)/t13-,14+,15?,16?. The molecule has 0 radical (unpaired) electrons. The lowest BCUT2D eigenvalue weighted by molar-refractivity contribution is 0.162. The minimum atomic E-state index is 0.593. The predicted molar refractivity (Wildman–Crippen MR) is 91.3 cm³/mol. The van der Waals surface area contributed by atoms with Gasteiger partial charge in [0.25, 0.3) is 0 Å². The van der Waals surface area contributed by atoms with Crippen LogP contribution in [0.5, 0.6) is 11.5 Å². The van der Waals surface area contributed by atoms with Crippen LogP contribution in [0.15, 0.2) is 29.3 Å². The number of aliphatic imine (C=N–C) groups is 1. The van der Waals surface area contributed by atoms with Gasteiger partial charge in [-0.2, -0.15) is 0 Å². The Bertz CT molecular complexity index is 572. The first-order valence-corrected chi connectivity index (χ1v) is 8.88. The number of benzene rings is 1. The van der Waals surface area contributed by atoms with Gasteiger partial charge in [0.15, 0.2) is 11.5 Å². The summed E-state index contributed by atoms with van der Waals surface area (Å²) in [4.78, 5) is 4.85. The van der Waals surface area contributed by atoms with Crippen LogP contribution in [-0.2, 0) is 0 Å². The molecule has 4 fully saturated rings. The monoisotopic (exact) mass is 314 g/mol. The van der Waals surface area contributed by atoms with Crippen molar-refractivity contribution < 1.29 is 9.47 Å². The van der Waals surface area contributed by atoms with Crippen LogP contribution in [0.1, 0.15) is 32.1 Å². The summed E-state index contributed by atoms with van der Waals surface area (Å²) >= 11 is 0. The molecule has 2 saturated carbocycles. The molecule has 2 saturated heterocycles. The van der Waals surface area contributed by atoms with Gasteiger partial charge in [-0.25, -0.2) is 0 Å². The van der Waals surface area contributed by atoms with Crippen molar-refractivity contribution >= 4 is 5.84 Å². The molecule has 2 aliphatic carbocycles. The molecule has 0 aromatic heterocycles. The molecular weight excluding hydrogens is 288 g/mol. The molecule has 2 aliphatic heterocycles. The molecule has 2 unspecified atom stereocenters. The summed E-state index contributed by atoms with van der Waals surface area (Å²) in [5, 5.41) is 3.73. The van der Waals surface area contributed by atoms with Crippen LogP contribution >= 0.6 is 0 Å². The van der Waals surface area contributed by atoms with E-state index in [9.17, 15) is 0 Å². The van der Waals surface area contributed by atoms with E-state index in [0.717, 1.165) is 23.3 Å². The Morgan fingerprint density at radius 1 is 1.04 bits per heavy atom. The zero-order valence-electron chi connectivity index (χ0n) is 13.8. The van der Waals surface area contributed by atoms with Crippen molar-refractivity contribution in [3.63, 3.8) is 0 Å². The van der Waals surface area contributed by atoms with E-state index in [-0.39, 0.29) is 0 Å². The third-order valence-electron chi connectivity index (χ3n) is 5.58. The number of methoxy groups -OCH3 is 1. The molecular formula is C19H26N2O2. The zero-order valence-corrected chi connectivity index (χ0v) is 13.8. The molecule has 0 amide bonds. The number of hydrogen-bond acceptors (Lipinski definition) is 3. The van der Waals surface area contributed by atoms with Gasteiger partial charge in [-0.05, 0) is 56.1 Å². The topological polar surface area (TPSA) is 42.9 Å². The number of fused-ring (bicyclic) bond motifs is 1. The second kappa shape index (κ2) is 6.42. The lowest BCUT2D eigenvalue weighted by atomic mass is 9.68. The zero-order chi connectivity index (χ0) is 15.6. The van der Waals surface area contributed by atoms with Crippen LogP contribution in [0.25, 0.3) is 0 Å². The molecule has 1 aromatic rings. The van der Waals surface area contributed by atoms with E-state index in [4.69, 9.17) is 14.5 Å². The van der Waals surface area contributed by atoms with Crippen LogP contribution in [0.2, 0.25) is 0 Å². The van der Waals surface area contributed by atoms with Crippen molar-refractivity contribution in [2.45, 2.75) is 38.1 Å². The van der Waals surface area contributed by atoms with E-state index in [2.05, 4.69) is 5.32 Å². The van der Waals surface area contributed by atoms with Crippen LogP contribution in [-0.4, -0.2) is 32.1 Å². The van der Waals surface area contributed by atoms with Crippen molar-refractivity contribution in [3.05, 3.63) is 24.3 Å². The van der Waals surface area contributed by atoms with Crippen molar-refractivity contribution in [1.82, 2.24) is 5.32 Å². The predicted octanol–water partition coefficient (Wildman–Crippen LogP) is 3.27. The largest absolute Gasteiger partial charge is 0.493 e. The Balaban J connectivity index is 1.36. The number of nitrogens with one attached hydrogen (secondary N) is 1. The van der Waals surface area contributed by atoms with Crippen LogP contribution in [0, 0.1) is 17.8 Å². The molecule has 4 aliphatic rings. The Kier molecular flexibility index (Phi) is 4.15. The molecule has 1 aromatic carbocycles. The number of rotatable bonds is 5. The van der Waals surface area contributed by atoms with Gasteiger partial charge >= 0.3 is 0 Å². The minimum Gasteiger partial charge on any atom is -0.493 e. The Morgan fingerprint density at radius 2 is 1.78 bits per heavy atom. The van der Waals surface area contributed by atoms with Crippen molar-refractivity contribution in [2.24, 2.45) is 22.7 Å². The quantitative estimate of drug-likeness (QED) is 0.848. The minimum absolute atomic E-state index is 0.593. The maximum atomic E-state index is 5.83. The highest BCUT2D eigenvalue weighted by atomic mass is 16.5. The van der Waals surface area contributed by atoms with Gasteiger partial charge < -0.3 is 14.8 Å². The van der Waals surface area contributed by atoms with Crippen molar-refractivity contribution in [1.29, 1.82) is 0 Å². The van der Waals surface area contributed by atoms with Gasteiger partial charge in [0.2, 0.25) is 0 Å². The average molecular weight is 314 g/mol. The number of ether oxygens (including phenoxy) is 2. The highest BCUT2D eigenvalue weighted by Gasteiger charge is 2.41. The summed E-state index contributed by atoms with van der Waals surface area (Å²) in [6.07, 6.45) is 6.84. The summed E-state index contributed by atoms with van der Waals surface area (Å²) in [5.41, 5.74) is 0. The summed E-state index contributed by atoms with van der Waals surface area (Å²) in [5.74, 6) is 5.36. The molecule has 4 atom stereocenters. The fourth-order valence-electron chi connectivity index (χ4n) is 4.75. The van der Waals surface area contributed by atoms with Crippen molar-refractivity contribution in [2.75, 3.05) is 20.3 Å². The van der Waals surface area contributed by atoms with Crippen LogP contribution in [0.4, 0.5) is 0 Å². The smallest absolute Gasteiger partial charge is 0.161 e. The van der Waals surface area contributed by atoms with Gasteiger partial charge in [0, 0.05) is 12.0 Å². The lowest BCUT2D eigenvalue weighted by Gasteiger charge is -2.37. The van der Waals surface area contributed by atoms with Gasteiger partial charge in [0.1, 0.15) is 6.61 Å². The third-order valence-corrected chi connectivity index (χ3v) is 5.58. The normalized spacial score (nSPS) is 33.3. The number of nitrogens with zero attached hydrogens (tertiary/aromatic N) is 1. The van der Waals surface area contributed by atoms with Gasteiger partial charge in [0.05, 0.1) is 19.5 Å². The molecule has 1 N–H and O–H groups in total. The molecule has 5 rings (SSSR count). The van der Waals surface area contributed by atoms with Crippen molar-refractivity contribution in [3.8, 4) is 11.5 Å². The first kappa shape index (κ1) is 14.9. The van der Waals surface area contributed by atoms with Gasteiger partial charge in [-0.1, -0.05) is 12.1 Å². The van der Waals surface area contributed by atoms with E-state index < -0.39 is 0 Å². The highest BCUT2D eigenvalue weighted by Crippen LogP contribution is 2.45. The van der Waals surface area contributed by atoms with E-state index in [1.807, 2.05) is 24.3 Å². The summed E-state index contributed by atoms with van der Waals surface area (Å²) in [6, 6.07) is 8.44. The summed E-state index contributed by atoms with van der Waals surface area (Å²) < 4.78 is 11.1. The average Bonchev–Trinajstić information content (AvgIpc) is 2.75. The van der Waals surface area contributed by atoms with Crippen LogP contribution < -0.4 is 14.8 Å². The summed E-state index contributed by atoms with van der Waals surface area (Å²) in [7, 11) is 1.67.